The van der Waals surface area contributed by atoms with Crippen LogP contribution in [0.1, 0.15) is 83.6 Å². The fourth-order valence-electron chi connectivity index (χ4n) is 3.05. The van der Waals surface area contributed by atoms with E-state index in [4.69, 9.17) is 4.74 Å². The molecule has 0 aromatic heterocycles. The first-order valence-electron chi connectivity index (χ1n) is 10.0. The first kappa shape index (κ1) is 21.0. The van der Waals surface area contributed by atoms with Crippen molar-refractivity contribution in [3.8, 4) is 0 Å². The van der Waals surface area contributed by atoms with Crippen molar-refractivity contribution in [1.29, 1.82) is 0 Å². The van der Waals surface area contributed by atoms with Crippen LogP contribution in [0.25, 0.3) is 0 Å². The Morgan fingerprint density at radius 2 is 1.58 bits per heavy atom. The molecular weight excluding hydrogens is 292 g/mol. The van der Waals surface area contributed by atoms with E-state index in [0.717, 1.165) is 25.9 Å². The molecule has 1 nitrogen and oxygen atoms in total. The van der Waals surface area contributed by atoms with E-state index in [1.165, 1.54) is 56.9 Å². The second kappa shape index (κ2) is 13.2. The van der Waals surface area contributed by atoms with Gasteiger partial charge in [-0.2, -0.15) is 0 Å². The van der Waals surface area contributed by atoms with Gasteiger partial charge in [0.15, 0.2) is 0 Å². The molecule has 1 aromatic rings. The van der Waals surface area contributed by atoms with Gasteiger partial charge in [-0.05, 0) is 38.2 Å². The zero-order valence-corrected chi connectivity index (χ0v) is 16.1. The summed E-state index contributed by atoms with van der Waals surface area (Å²) in [7, 11) is 0. The molecule has 0 saturated heterocycles. The Bertz CT molecular complexity index is 411. The van der Waals surface area contributed by atoms with Gasteiger partial charge in [0, 0.05) is 6.61 Å². The van der Waals surface area contributed by atoms with Gasteiger partial charge in [-0.15, -0.1) is 6.58 Å². The molecule has 0 heterocycles. The lowest BCUT2D eigenvalue weighted by Gasteiger charge is -2.26. The van der Waals surface area contributed by atoms with E-state index in [-0.39, 0.29) is 5.60 Å². The first-order valence-corrected chi connectivity index (χ1v) is 10.0. The highest BCUT2D eigenvalue weighted by Gasteiger charge is 2.19. The van der Waals surface area contributed by atoms with E-state index in [2.05, 4.69) is 50.8 Å². The van der Waals surface area contributed by atoms with Crippen molar-refractivity contribution in [2.45, 2.75) is 90.1 Å². The molecule has 1 rings (SSSR count). The predicted molar refractivity (Wildman–Crippen MR) is 107 cm³/mol. The van der Waals surface area contributed by atoms with Crippen LogP contribution in [0.3, 0.4) is 0 Å². The molecule has 1 atom stereocenters. The summed E-state index contributed by atoms with van der Waals surface area (Å²) in [6, 6.07) is 10.7. The molecule has 0 spiro atoms. The molecule has 0 aliphatic rings. The van der Waals surface area contributed by atoms with Gasteiger partial charge in [0.1, 0.15) is 0 Å². The Morgan fingerprint density at radius 1 is 0.917 bits per heavy atom. The number of hydrogen-bond donors (Lipinski definition) is 0. The molecule has 1 unspecified atom stereocenters. The summed E-state index contributed by atoms with van der Waals surface area (Å²) >= 11 is 0. The fourth-order valence-corrected chi connectivity index (χ4v) is 3.05. The predicted octanol–water partition coefficient (Wildman–Crippen LogP) is 7.11. The minimum Gasteiger partial charge on any atom is -0.371 e. The van der Waals surface area contributed by atoms with Gasteiger partial charge in [-0.1, -0.05) is 88.3 Å². The third-order valence-corrected chi connectivity index (χ3v) is 4.84. The second-order valence-corrected chi connectivity index (χ2v) is 7.18. The standard InChI is InChI=1S/C23H38O/c1-4-6-7-8-9-10-15-20-23(3,5-2)24-21-16-14-19-22-17-12-11-13-18-22/h5,11-13,17-18H,2,4,6-10,14-16,19-21H2,1,3H3. The first-order chi connectivity index (χ1) is 11.7. The molecule has 1 aromatic carbocycles. The lowest BCUT2D eigenvalue weighted by Crippen LogP contribution is -2.26. The third-order valence-electron chi connectivity index (χ3n) is 4.84. The van der Waals surface area contributed by atoms with Gasteiger partial charge >= 0.3 is 0 Å². The van der Waals surface area contributed by atoms with Crippen LogP contribution < -0.4 is 0 Å². The summed E-state index contributed by atoms with van der Waals surface area (Å²) < 4.78 is 6.14. The zero-order valence-electron chi connectivity index (χ0n) is 16.1. The van der Waals surface area contributed by atoms with Gasteiger partial charge in [-0.3, -0.25) is 0 Å². The normalized spacial score (nSPS) is 13.6. The van der Waals surface area contributed by atoms with E-state index in [1.54, 1.807) is 0 Å². The van der Waals surface area contributed by atoms with E-state index in [1.807, 2.05) is 6.08 Å². The lowest BCUT2D eigenvalue weighted by molar-refractivity contribution is -0.00374. The van der Waals surface area contributed by atoms with Crippen molar-refractivity contribution >= 4 is 0 Å². The Balaban J connectivity index is 2.07. The molecule has 24 heavy (non-hydrogen) atoms. The summed E-state index contributed by atoms with van der Waals surface area (Å²) in [5, 5.41) is 0. The molecule has 0 saturated carbocycles. The molecular formula is C23H38O. The average Bonchev–Trinajstić information content (AvgIpc) is 2.61. The van der Waals surface area contributed by atoms with Crippen LogP contribution in [0, 0.1) is 0 Å². The van der Waals surface area contributed by atoms with E-state index in [0.29, 0.717) is 0 Å². The number of rotatable bonds is 15. The summed E-state index contributed by atoms with van der Waals surface area (Å²) in [5.41, 5.74) is 1.28. The summed E-state index contributed by atoms with van der Waals surface area (Å²) in [5.74, 6) is 0. The monoisotopic (exact) mass is 330 g/mol. The topological polar surface area (TPSA) is 9.23 Å². The smallest absolute Gasteiger partial charge is 0.0831 e. The number of benzene rings is 1. The van der Waals surface area contributed by atoms with E-state index >= 15 is 0 Å². The van der Waals surface area contributed by atoms with Crippen LogP contribution in [0.5, 0.6) is 0 Å². The van der Waals surface area contributed by atoms with Gasteiger partial charge in [0.05, 0.1) is 5.60 Å². The second-order valence-electron chi connectivity index (χ2n) is 7.18. The number of hydrogen-bond acceptors (Lipinski definition) is 1. The fraction of sp³-hybridized carbons (Fsp3) is 0.652. The maximum atomic E-state index is 6.14. The Labute approximate surface area is 150 Å². The van der Waals surface area contributed by atoms with Crippen LogP contribution in [0.2, 0.25) is 0 Å². The molecule has 0 amide bonds. The van der Waals surface area contributed by atoms with E-state index < -0.39 is 0 Å². The highest BCUT2D eigenvalue weighted by atomic mass is 16.5. The third kappa shape index (κ3) is 9.93. The zero-order chi connectivity index (χ0) is 17.5. The highest BCUT2D eigenvalue weighted by Crippen LogP contribution is 2.22. The number of aryl methyl sites for hydroxylation is 1. The number of ether oxygens (including phenoxy) is 1. The minimum absolute atomic E-state index is 0.143. The molecule has 136 valence electrons. The lowest BCUT2D eigenvalue weighted by atomic mass is 9.97. The molecule has 0 bridgehead atoms. The molecule has 0 aliphatic carbocycles. The van der Waals surface area contributed by atoms with Crippen LogP contribution in [-0.2, 0) is 11.2 Å². The minimum atomic E-state index is -0.143. The number of unbranched alkanes of at least 4 members (excludes halogenated alkanes) is 7. The van der Waals surface area contributed by atoms with Crippen LogP contribution in [0.4, 0.5) is 0 Å². The molecule has 0 radical (unpaired) electrons. The van der Waals surface area contributed by atoms with Crippen molar-refractivity contribution in [2.24, 2.45) is 0 Å². The Morgan fingerprint density at radius 3 is 2.25 bits per heavy atom. The van der Waals surface area contributed by atoms with Crippen molar-refractivity contribution in [3.63, 3.8) is 0 Å². The van der Waals surface area contributed by atoms with Crippen molar-refractivity contribution < 1.29 is 4.74 Å². The van der Waals surface area contributed by atoms with Crippen LogP contribution in [-0.4, -0.2) is 12.2 Å². The largest absolute Gasteiger partial charge is 0.371 e. The molecule has 0 aliphatic heterocycles. The molecule has 0 fully saturated rings. The SMILES string of the molecule is C=CC(C)(CCCCCCCCC)OCCCCc1ccccc1. The maximum absolute atomic E-state index is 6.14. The van der Waals surface area contributed by atoms with Gasteiger partial charge in [-0.25, -0.2) is 0 Å². The Hall–Kier alpha value is -1.08. The van der Waals surface area contributed by atoms with Crippen molar-refractivity contribution in [2.75, 3.05) is 6.61 Å². The van der Waals surface area contributed by atoms with Gasteiger partial charge in [0.25, 0.3) is 0 Å². The Kier molecular flexibility index (Phi) is 11.6. The van der Waals surface area contributed by atoms with Crippen molar-refractivity contribution in [1.82, 2.24) is 0 Å². The van der Waals surface area contributed by atoms with Crippen LogP contribution in [0.15, 0.2) is 43.0 Å². The van der Waals surface area contributed by atoms with E-state index in [9.17, 15) is 0 Å². The highest BCUT2D eigenvalue weighted by molar-refractivity contribution is 5.14. The van der Waals surface area contributed by atoms with Crippen LogP contribution >= 0.6 is 0 Å². The quantitative estimate of drug-likeness (QED) is 0.246. The molecule has 0 N–H and O–H groups in total. The maximum Gasteiger partial charge on any atom is 0.0831 e. The summed E-state index contributed by atoms with van der Waals surface area (Å²) in [6.45, 7) is 9.29. The average molecular weight is 331 g/mol. The van der Waals surface area contributed by atoms with Crippen molar-refractivity contribution in [3.05, 3.63) is 48.6 Å². The summed E-state index contributed by atoms with van der Waals surface area (Å²) in [6.07, 6.45) is 16.0. The van der Waals surface area contributed by atoms with Gasteiger partial charge in [0.2, 0.25) is 0 Å². The molecule has 1 heteroatoms. The summed E-state index contributed by atoms with van der Waals surface area (Å²) in [4.78, 5) is 0. The van der Waals surface area contributed by atoms with Gasteiger partial charge < -0.3 is 4.74 Å².